The number of aromatic nitrogens is 3. The number of sulfone groups is 1. The van der Waals surface area contributed by atoms with Crippen LogP contribution in [0, 0.1) is 5.92 Å². The van der Waals surface area contributed by atoms with Gasteiger partial charge in [-0.05, 0) is 32.1 Å². The van der Waals surface area contributed by atoms with Gasteiger partial charge in [0.05, 0.1) is 5.25 Å². The molecule has 1 aromatic rings. The summed E-state index contributed by atoms with van der Waals surface area (Å²) in [6.07, 6.45) is 9.14. The molecule has 23 heavy (non-hydrogen) atoms. The van der Waals surface area contributed by atoms with Gasteiger partial charge >= 0.3 is 0 Å². The van der Waals surface area contributed by atoms with Crippen molar-refractivity contribution in [1.82, 2.24) is 19.7 Å². The van der Waals surface area contributed by atoms with Crippen molar-refractivity contribution in [3.63, 3.8) is 0 Å². The fourth-order valence-electron chi connectivity index (χ4n) is 3.34. The highest BCUT2D eigenvalue weighted by Crippen LogP contribution is 2.26. The van der Waals surface area contributed by atoms with E-state index in [1.165, 1.54) is 10.9 Å². The second-order valence-electron chi connectivity index (χ2n) is 6.28. The van der Waals surface area contributed by atoms with E-state index in [2.05, 4.69) is 22.3 Å². The summed E-state index contributed by atoms with van der Waals surface area (Å²) < 4.78 is 26.7. The monoisotopic (exact) mass is 338 g/mol. The van der Waals surface area contributed by atoms with Crippen molar-refractivity contribution >= 4 is 15.7 Å². The molecule has 0 radical (unpaired) electrons. The molecule has 1 amide bonds. The van der Waals surface area contributed by atoms with Crippen LogP contribution in [-0.2, 0) is 21.7 Å². The maximum atomic E-state index is 12.6. The molecule has 1 saturated heterocycles. The van der Waals surface area contributed by atoms with Gasteiger partial charge in [0.1, 0.15) is 6.33 Å². The number of amides is 1. The van der Waals surface area contributed by atoms with Crippen LogP contribution >= 0.6 is 0 Å². The van der Waals surface area contributed by atoms with Gasteiger partial charge in [-0.1, -0.05) is 12.2 Å². The zero-order chi connectivity index (χ0) is 16.4. The Balaban J connectivity index is 1.63. The highest BCUT2D eigenvalue weighted by atomic mass is 32.2. The molecule has 7 nitrogen and oxygen atoms in total. The number of piperidine rings is 1. The smallest absolute Gasteiger partial charge is 0.249 e. The lowest BCUT2D eigenvalue weighted by molar-refractivity contribution is -0.136. The van der Waals surface area contributed by atoms with Gasteiger partial charge in [0, 0.05) is 26.1 Å². The number of carbonyl (C=O) groups excluding carboxylic acids is 1. The molecule has 3 rings (SSSR count). The van der Waals surface area contributed by atoms with Crippen LogP contribution in [0.3, 0.4) is 0 Å². The van der Waals surface area contributed by atoms with Crippen LogP contribution in [0.2, 0.25) is 0 Å². The molecule has 0 spiro atoms. The van der Waals surface area contributed by atoms with Gasteiger partial charge in [-0.3, -0.25) is 4.79 Å². The topological polar surface area (TPSA) is 85.2 Å². The first kappa shape index (κ1) is 16.2. The summed E-state index contributed by atoms with van der Waals surface area (Å²) in [6.45, 7) is 1.00. The minimum atomic E-state index is -3.48. The molecule has 1 fully saturated rings. The number of nitrogens with zero attached hydrogens (tertiary/aromatic N) is 4. The highest BCUT2D eigenvalue weighted by molar-refractivity contribution is 7.91. The van der Waals surface area contributed by atoms with E-state index >= 15 is 0 Å². The van der Waals surface area contributed by atoms with Crippen molar-refractivity contribution in [1.29, 1.82) is 0 Å². The van der Waals surface area contributed by atoms with Crippen molar-refractivity contribution in [2.75, 3.05) is 13.1 Å². The molecule has 126 valence electrons. The number of hydrogen-bond donors (Lipinski definition) is 0. The fraction of sp³-hybridized carbons (Fsp3) is 0.667. The summed E-state index contributed by atoms with van der Waals surface area (Å²) in [7, 11) is -1.86. The lowest BCUT2D eigenvalue weighted by Crippen LogP contribution is -2.45. The van der Waals surface area contributed by atoms with E-state index in [0.29, 0.717) is 25.9 Å². The maximum Gasteiger partial charge on any atom is 0.249 e. The summed E-state index contributed by atoms with van der Waals surface area (Å²) in [5.41, 5.74) is 0. The van der Waals surface area contributed by atoms with Crippen LogP contribution in [0.25, 0.3) is 0 Å². The largest absolute Gasteiger partial charge is 0.342 e. The van der Waals surface area contributed by atoms with Gasteiger partial charge < -0.3 is 9.47 Å². The van der Waals surface area contributed by atoms with Crippen molar-refractivity contribution < 1.29 is 13.2 Å². The molecule has 1 aromatic heterocycles. The van der Waals surface area contributed by atoms with Crippen molar-refractivity contribution in [2.24, 2.45) is 13.0 Å². The van der Waals surface area contributed by atoms with Crippen LogP contribution in [0.1, 0.15) is 32.1 Å². The molecule has 0 unspecified atom stereocenters. The van der Waals surface area contributed by atoms with Gasteiger partial charge in [0.25, 0.3) is 0 Å². The quantitative estimate of drug-likeness (QED) is 0.766. The van der Waals surface area contributed by atoms with Crippen LogP contribution in [0.5, 0.6) is 0 Å². The van der Waals surface area contributed by atoms with Gasteiger partial charge in [-0.2, -0.15) is 0 Å². The van der Waals surface area contributed by atoms with E-state index in [-0.39, 0.29) is 17.0 Å². The molecule has 2 heterocycles. The normalized spacial score (nSPS) is 23.2. The summed E-state index contributed by atoms with van der Waals surface area (Å²) >= 11 is 0. The molecule has 2 aliphatic rings. The van der Waals surface area contributed by atoms with Crippen LogP contribution in [0.15, 0.2) is 23.6 Å². The van der Waals surface area contributed by atoms with Gasteiger partial charge in [-0.25, -0.2) is 8.42 Å². The van der Waals surface area contributed by atoms with E-state index in [9.17, 15) is 13.2 Å². The minimum absolute atomic E-state index is 0.0136. The van der Waals surface area contributed by atoms with Crippen LogP contribution < -0.4 is 0 Å². The Kier molecular flexibility index (Phi) is 4.52. The van der Waals surface area contributed by atoms with Crippen LogP contribution in [0.4, 0.5) is 0 Å². The van der Waals surface area contributed by atoms with Crippen LogP contribution in [-0.4, -0.2) is 52.3 Å². The zero-order valence-corrected chi connectivity index (χ0v) is 14.1. The number of carbonyl (C=O) groups is 1. The number of rotatable bonds is 3. The summed E-state index contributed by atoms with van der Waals surface area (Å²) in [6, 6.07) is 0. The summed E-state index contributed by atoms with van der Waals surface area (Å²) in [5, 5.41) is 6.91. The first-order valence-corrected chi connectivity index (χ1v) is 9.56. The van der Waals surface area contributed by atoms with Gasteiger partial charge in [0.2, 0.25) is 20.9 Å². The van der Waals surface area contributed by atoms with Gasteiger partial charge in [-0.15, -0.1) is 10.2 Å². The summed E-state index contributed by atoms with van der Waals surface area (Å²) in [5.74, 6) is 0.232. The van der Waals surface area contributed by atoms with E-state index in [1.54, 1.807) is 7.05 Å². The average molecular weight is 338 g/mol. The third kappa shape index (κ3) is 3.17. The number of allylic oxidation sites excluding steroid dienone is 2. The summed E-state index contributed by atoms with van der Waals surface area (Å²) in [4.78, 5) is 14.3. The molecular formula is C15H22N4O3S. The van der Waals surface area contributed by atoms with Gasteiger partial charge in [0.15, 0.2) is 0 Å². The van der Waals surface area contributed by atoms with Crippen molar-refractivity contribution in [3.8, 4) is 0 Å². The molecule has 0 saturated carbocycles. The molecule has 1 aliphatic heterocycles. The third-order valence-corrected chi connectivity index (χ3v) is 6.96. The Morgan fingerprint density at radius 2 is 1.96 bits per heavy atom. The SMILES string of the molecule is Cn1cnnc1S(=O)(=O)C1CCN(C(=O)[C@@H]2CC=CCC2)CC1. The number of hydrogen-bond acceptors (Lipinski definition) is 5. The van der Waals surface area contributed by atoms with E-state index in [4.69, 9.17) is 0 Å². The molecule has 1 atom stereocenters. The molecular weight excluding hydrogens is 316 g/mol. The highest BCUT2D eigenvalue weighted by Gasteiger charge is 2.36. The maximum absolute atomic E-state index is 12.6. The Labute approximate surface area is 136 Å². The first-order valence-electron chi connectivity index (χ1n) is 8.02. The third-order valence-electron chi connectivity index (χ3n) is 4.74. The molecule has 0 aromatic carbocycles. The average Bonchev–Trinajstić information content (AvgIpc) is 3.02. The predicted octanol–water partition coefficient (Wildman–Crippen LogP) is 0.936. The Bertz CT molecular complexity index is 702. The van der Waals surface area contributed by atoms with E-state index in [0.717, 1.165) is 19.3 Å². The lowest BCUT2D eigenvalue weighted by atomic mass is 9.92. The second-order valence-corrected chi connectivity index (χ2v) is 8.40. The molecule has 0 bridgehead atoms. The van der Waals surface area contributed by atoms with Crippen molar-refractivity contribution in [2.45, 2.75) is 42.5 Å². The van der Waals surface area contributed by atoms with E-state index < -0.39 is 15.1 Å². The minimum Gasteiger partial charge on any atom is -0.342 e. The Morgan fingerprint density at radius 1 is 1.22 bits per heavy atom. The lowest BCUT2D eigenvalue weighted by Gasteiger charge is -2.34. The Hall–Kier alpha value is -1.70. The molecule has 1 aliphatic carbocycles. The van der Waals surface area contributed by atoms with Crippen molar-refractivity contribution in [3.05, 3.63) is 18.5 Å². The number of likely N-dealkylation sites (tertiary alicyclic amines) is 1. The van der Waals surface area contributed by atoms with E-state index in [1.807, 2.05) is 4.90 Å². The zero-order valence-electron chi connectivity index (χ0n) is 13.3. The second kappa shape index (κ2) is 6.43. The molecule has 0 N–H and O–H groups in total. The first-order chi connectivity index (χ1) is 11.0. The molecule has 8 heteroatoms. The standard InChI is InChI=1S/C15H22N4O3S/c1-18-11-16-17-15(18)23(21,22)13-7-9-19(10-8-13)14(20)12-5-3-2-4-6-12/h2-3,11-13H,4-10H2,1H3/t12-/m1/s1. The number of aryl methyl sites for hydroxylation is 1. The fourth-order valence-corrected chi connectivity index (χ4v) is 5.08. The predicted molar refractivity (Wildman–Crippen MR) is 84.3 cm³/mol. The Morgan fingerprint density at radius 3 is 2.52 bits per heavy atom.